The van der Waals surface area contributed by atoms with Crippen LogP contribution in [0.25, 0.3) is 0 Å². The summed E-state index contributed by atoms with van der Waals surface area (Å²) in [5.41, 5.74) is -0.814. The number of sulfonamides is 1. The van der Waals surface area contributed by atoms with Crippen molar-refractivity contribution in [1.82, 2.24) is 4.72 Å². The van der Waals surface area contributed by atoms with E-state index in [0.717, 1.165) is 6.42 Å². The number of ether oxygens (including phenoxy) is 1. The van der Waals surface area contributed by atoms with Crippen LogP contribution in [0.5, 0.6) is 0 Å². The second kappa shape index (κ2) is 5.44. The Morgan fingerprint density at radius 3 is 2.50 bits per heavy atom. The van der Waals surface area contributed by atoms with E-state index in [0.29, 0.717) is 12.8 Å². The van der Waals surface area contributed by atoms with Gasteiger partial charge in [-0.2, -0.15) is 0 Å². The van der Waals surface area contributed by atoms with Crippen LogP contribution in [0.3, 0.4) is 0 Å². The van der Waals surface area contributed by atoms with Gasteiger partial charge < -0.3 is 9.84 Å². The van der Waals surface area contributed by atoms with Crippen molar-refractivity contribution in [1.29, 1.82) is 0 Å². The summed E-state index contributed by atoms with van der Waals surface area (Å²) in [5, 5.41) is 9.73. The number of aliphatic hydroxyl groups is 1. The fraction of sp³-hybridized carbons (Fsp3) is 1.00. The summed E-state index contributed by atoms with van der Waals surface area (Å²) in [5.74, 6) is -0.0543. The second-order valence-electron chi connectivity index (χ2n) is 4.64. The largest absolute Gasteiger partial charge is 0.389 e. The van der Waals surface area contributed by atoms with Crippen LogP contribution in [0.2, 0.25) is 0 Å². The summed E-state index contributed by atoms with van der Waals surface area (Å²) in [6, 6.07) is 0. The van der Waals surface area contributed by atoms with Gasteiger partial charge in [-0.15, -0.1) is 0 Å². The highest BCUT2D eigenvalue weighted by molar-refractivity contribution is 7.89. The average Bonchev–Trinajstić information content (AvgIpc) is 2.11. The van der Waals surface area contributed by atoms with Gasteiger partial charge in [0.15, 0.2) is 0 Å². The van der Waals surface area contributed by atoms with Crippen molar-refractivity contribution in [2.75, 3.05) is 18.9 Å². The van der Waals surface area contributed by atoms with Crippen molar-refractivity contribution in [3.63, 3.8) is 0 Å². The van der Waals surface area contributed by atoms with Crippen LogP contribution in [0, 0.1) is 0 Å². The molecule has 0 aromatic rings. The predicted octanol–water partition coefficient (Wildman–Crippen LogP) is 0.246. The minimum atomic E-state index is -3.32. The Labute approximate surface area is 97.2 Å². The molecule has 5 nitrogen and oxygen atoms in total. The molecule has 16 heavy (non-hydrogen) atoms. The van der Waals surface area contributed by atoms with Crippen LogP contribution in [-0.2, 0) is 14.8 Å². The zero-order valence-corrected chi connectivity index (χ0v) is 10.7. The lowest BCUT2D eigenvalue weighted by Crippen LogP contribution is -2.48. The Hall–Kier alpha value is -0.170. The molecule has 0 amide bonds. The maximum atomic E-state index is 11.5. The monoisotopic (exact) mass is 251 g/mol. The third-order valence-electron chi connectivity index (χ3n) is 2.71. The van der Waals surface area contributed by atoms with Crippen LogP contribution in [0.1, 0.15) is 33.1 Å². The molecule has 0 heterocycles. The molecule has 0 unspecified atom stereocenters. The number of rotatable bonds is 7. The molecule has 1 aliphatic rings. The van der Waals surface area contributed by atoms with Crippen molar-refractivity contribution >= 4 is 10.0 Å². The third-order valence-corrected chi connectivity index (χ3v) is 4.00. The Bertz CT molecular complexity index is 309. The summed E-state index contributed by atoms with van der Waals surface area (Å²) >= 11 is 0. The molecule has 0 radical (unpaired) electrons. The molecule has 0 aromatic heterocycles. The zero-order valence-electron chi connectivity index (χ0n) is 9.90. The van der Waals surface area contributed by atoms with Gasteiger partial charge in [-0.1, -0.05) is 0 Å². The molecular weight excluding hydrogens is 230 g/mol. The van der Waals surface area contributed by atoms with Crippen LogP contribution < -0.4 is 4.72 Å². The van der Waals surface area contributed by atoms with Crippen molar-refractivity contribution in [3.05, 3.63) is 0 Å². The maximum Gasteiger partial charge on any atom is 0.213 e. The van der Waals surface area contributed by atoms with Gasteiger partial charge in [-0.05, 0) is 33.1 Å². The molecule has 1 fully saturated rings. The summed E-state index contributed by atoms with van der Waals surface area (Å²) in [6.45, 7) is 4.02. The Morgan fingerprint density at radius 2 is 2.06 bits per heavy atom. The highest BCUT2D eigenvalue weighted by atomic mass is 32.2. The summed E-state index contributed by atoms with van der Waals surface area (Å²) in [7, 11) is -3.32. The number of nitrogens with one attached hydrogen (secondary N) is 1. The van der Waals surface area contributed by atoms with Gasteiger partial charge in [-0.3, -0.25) is 0 Å². The van der Waals surface area contributed by atoms with Crippen molar-refractivity contribution in [2.45, 2.75) is 44.8 Å². The smallest absolute Gasteiger partial charge is 0.213 e. The van der Waals surface area contributed by atoms with E-state index in [1.54, 1.807) is 0 Å². The molecule has 96 valence electrons. The Kier molecular flexibility index (Phi) is 4.73. The molecule has 0 bridgehead atoms. The quantitative estimate of drug-likeness (QED) is 0.680. The number of hydrogen-bond acceptors (Lipinski definition) is 4. The predicted molar refractivity (Wildman–Crippen MR) is 61.7 cm³/mol. The Balaban J connectivity index is 2.23. The van der Waals surface area contributed by atoms with E-state index in [4.69, 9.17) is 4.74 Å². The average molecular weight is 251 g/mol. The van der Waals surface area contributed by atoms with Gasteiger partial charge in [0.05, 0.1) is 24.1 Å². The SMILES string of the molecule is CC(C)OCCS(=O)(=O)NCC1(O)CCC1. The zero-order chi connectivity index (χ0) is 12.2. The molecular formula is C10H21NO4S. The highest BCUT2D eigenvalue weighted by Crippen LogP contribution is 2.30. The van der Waals surface area contributed by atoms with Crippen LogP contribution in [0.4, 0.5) is 0 Å². The lowest BCUT2D eigenvalue weighted by atomic mass is 9.81. The number of hydrogen-bond donors (Lipinski definition) is 2. The molecule has 0 spiro atoms. The summed E-state index contributed by atoms with van der Waals surface area (Å²) < 4.78 is 30.6. The second-order valence-corrected chi connectivity index (χ2v) is 6.56. The molecule has 1 saturated carbocycles. The third kappa shape index (κ3) is 4.78. The minimum Gasteiger partial charge on any atom is -0.389 e. The van der Waals surface area contributed by atoms with Gasteiger partial charge >= 0.3 is 0 Å². The maximum absolute atomic E-state index is 11.5. The van der Waals surface area contributed by atoms with Gasteiger partial charge in [0, 0.05) is 6.54 Å². The molecule has 0 aliphatic heterocycles. The molecule has 0 atom stereocenters. The lowest BCUT2D eigenvalue weighted by Gasteiger charge is -2.36. The highest BCUT2D eigenvalue weighted by Gasteiger charge is 2.35. The van der Waals surface area contributed by atoms with E-state index in [-0.39, 0.29) is 25.0 Å². The van der Waals surface area contributed by atoms with Crippen LogP contribution in [0.15, 0.2) is 0 Å². The van der Waals surface area contributed by atoms with E-state index in [2.05, 4.69) is 4.72 Å². The van der Waals surface area contributed by atoms with Crippen LogP contribution in [-0.4, -0.2) is 44.1 Å². The topological polar surface area (TPSA) is 75.6 Å². The first kappa shape index (κ1) is 13.9. The standard InChI is InChI=1S/C10H21NO4S/c1-9(2)15-6-7-16(13,14)11-8-10(12)4-3-5-10/h9,11-12H,3-8H2,1-2H3. The first-order valence-corrected chi connectivity index (χ1v) is 7.30. The molecule has 1 rings (SSSR count). The Morgan fingerprint density at radius 1 is 1.44 bits per heavy atom. The first-order chi connectivity index (χ1) is 7.33. The van der Waals surface area contributed by atoms with Gasteiger partial charge in [-0.25, -0.2) is 13.1 Å². The van der Waals surface area contributed by atoms with Gasteiger partial charge in [0.25, 0.3) is 0 Å². The summed E-state index contributed by atoms with van der Waals surface area (Å²) in [4.78, 5) is 0. The molecule has 0 aromatic carbocycles. The van der Waals surface area contributed by atoms with E-state index >= 15 is 0 Å². The van der Waals surface area contributed by atoms with E-state index in [1.807, 2.05) is 13.8 Å². The normalized spacial score (nSPS) is 19.8. The van der Waals surface area contributed by atoms with Gasteiger partial charge in [0.2, 0.25) is 10.0 Å². The van der Waals surface area contributed by atoms with Gasteiger partial charge in [0.1, 0.15) is 0 Å². The lowest BCUT2D eigenvalue weighted by molar-refractivity contribution is -0.0271. The fourth-order valence-corrected chi connectivity index (χ4v) is 2.42. The molecule has 6 heteroatoms. The van der Waals surface area contributed by atoms with E-state index in [9.17, 15) is 13.5 Å². The van der Waals surface area contributed by atoms with Crippen molar-refractivity contribution < 1.29 is 18.3 Å². The summed E-state index contributed by atoms with van der Waals surface area (Å²) in [6.07, 6.45) is 2.36. The van der Waals surface area contributed by atoms with E-state index in [1.165, 1.54) is 0 Å². The molecule has 1 aliphatic carbocycles. The first-order valence-electron chi connectivity index (χ1n) is 5.64. The van der Waals surface area contributed by atoms with Crippen LogP contribution >= 0.6 is 0 Å². The minimum absolute atomic E-state index is 0.0333. The van der Waals surface area contributed by atoms with Crippen molar-refractivity contribution in [2.24, 2.45) is 0 Å². The van der Waals surface area contributed by atoms with Crippen molar-refractivity contribution in [3.8, 4) is 0 Å². The fourth-order valence-electron chi connectivity index (χ4n) is 1.47. The van der Waals surface area contributed by atoms with E-state index < -0.39 is 15.6 Å². The molecule has 2 N–H and O–H groups in total. The molecule has 0 saturated heterocycles.